The normalized spacial score (nSPS) is 9.40. The van der Waals surface area contributed by atoms with E-state index in [1.165, 1.54) is 0 Å². The van der Waals surface area contributed by atoms with Crippen molar-refractivity contribution in [2.24, 2.45) is 0 Å². The minimum atomic E-state index is -0.0581. The van der Waals surface area contributed by atoms with Gasteiger partial charge in [0.2, 0.25) is 5.91 Å². The highest BCUT2D eigenvalue weighted by molar-refractivity contribution is 9.10. The molecule has 0 spiro atoms. The first-order valence-electron chi connectivity index (χ1n) is 4.23. The molecule has 0 saturated carbocycles. The Morgan fingerprint density at radius 2 is 2.27 bits per heavy atom. The standard InChI is InChI=1S/C10H8Br2N2O/c11-4-3-10(15)14-9-2-1-7(6-13)5-8(9)12/h1-2,5H,3-4H2,(H,14,15). The Morgan fingerprint density at radius 1 is 1.53 bits per heavy atom. The van der Waals surface area contributed by atoms with Crippen LogP contribution in [0.4, 0.5) is 5.69 Å². The summed E-state index contributed by atoms with van der Waals surface area (Å²) in [5.74, 6) is -0.0581. The third kappa shape index (κ3) is 3.65. The molecule has 1 N–H and O–H groups in total. The van der Waals surface area contributed by atoms with Crippen molar-refractivity contribution >= 4 is 43.5 Å². The minimum Gasteiger partial charge on any atom is -0.325 e. The number of hydrogen-bond donors (Lipinski definition) is 1. The van der Waals surface area contributed by atoms with E-state index in [1.807, 2.05) is 6.07 Å². The number of carbonyl (C=O) groups excluding carboxylic acids is 1. The van der Waals surface area contributed by atoms with E-state index in [0.717, 1.165) is 0 Å². The second-order valence-electron chi connectivity index (χ2n) is 2.79. The molecule has 5 heteroatoms. The summed E-state index contributed by atoms with van der Waals surface area (Å²) in [6, 6.07) is 7.06. The van der Waals surface area contributed by atoms with Crippen molar-refractivity contribution in [3.63, 3.8) is 0 Å². The minimum absolute atomic E-state index is 0.0581. The molecule has 0 heterocycles. The number of alkyl halides is 1. The molecule has 0 aliphatic heterocycles. The molecule has 0 bridgehead atoms. The van der Waals surface area contributed by atoms with E-state index in [9.17, 15) is 4.79 Å². The second kappa shape index (κ2) is 5.89. The van der Waals surface area contributed by atoms with Gasteiger partial charge >= 0.3 is 0 Å². The van der Waals surface area contributed by atoms with Gasteiger partial charge < -0.3 is 5.32 Å². The fourth-order valence-corrected chi connectivity index (χ4v) is 1.82. The van der Waals surface area contributed by atoms with Crippen molar-refractivity contribution in [2.45, 2.75) is 6.42 Å². The molecule has 15 heavy (non-hydrogen) atoms. The van der Waals surface area contributed by atoms with Crippen LogP contribution in [0, 0.1) is 11.3 Å². The number of halogens is 2. The van der Waals surface area contributed by atoms with Crippen LogP contribution in [0.15, 0.2) is 22.7 Å². The molecule has 3 nitrogen and oxygen atoms in total. The Kier molecular flexibility index (Phi) is 4.79. The van der Waals surface area contributed by atoms with Crippen LogP contribution >= 0.6 is 31.9 Å². The lowest BCUT2D eigenvalue weighted by Gasteiger charge is -2.06. The summed E-state index contributed by atoms with van der Waals surface area (Å²) in [6.45, 7) is 0. The van der Waals surface area contributed by atoms with Gasteiger partial charge in [0.1, 0.15) is 0 Å². The summed E-state index contributed by atoms with van der Waals surface area (Å²) in [5, 5.41) is 12.0. The topological polar surface area (TPSA) is 52.9 Å². The Morgan fingerprint density at radius 3 is 2.80 bits per heavy atom. The van der Waals surface area contributed by atoms with Gasteiger partial charge in [-0.25, -0.2) is 0 Å². The van der Waals surface area contributed by atoms with Gasteiger partial charge in [0.25, 0.3) is 0 Å². The first-order valence-corrected chi connectivity index (χ1v) is 6.14. The van der Waals surface area contributed by atoms with Crippen LogP contribution < -0.4 is 5.32 Å². The largest absolute Gasteiger partial charge is 0.325 e. The molecular weight excluding hydrogens is 324 g/mol. The highest BCUT2D eigenvalue weighted by atomic mass is 79.9. The number of nitrogens with zero attached hydrogens (tertiary/aromatic N) is 1. The van der Waals surface area contributed by atoms with Gasteiger partial charge in [0, 0.05) is 16.2 Å². The molecule has 0 aliphatic carbocycles. The lowest BCUT2D eigenvalue weighted by Crippen LogP contribution is -2.11. The molecule has 1 rings (SSSR count). The Labute approximate surface area is 105 Å². The Balaban J connectivity index is 2.79. The zero-order valence-corrected chi connectivity index (χ0v) is 10.9. The predicted octanol–water partition coefficient (Wildman–Crippen LogP) is 3.04. The summed E-state index contributed by atoms with van der Waals surface area (Å²) >= 11 is 6.48. The fourth-order valence-electron chi connectivity index (χ4n) is 0.985. The van der Waals surface area contributed by atoms with Gasteiger partial charge in [-0.2, -0.15) is 5.26 Å². The average Bonchev–Trinajstić information content (AvgIpc) is 2.21. The van der Waals surface area contributed by atoms with Gasteiger partial charge in [0.15, 0.2) is 0 Å². The van der Waals surface area contributed by atoms with Crippen molar-refractivity contribution in [1.82, 2.24) is 0 Å². The Hall–Kier alpha value is -0.860. The highest BCUT2D eigenvalue weighted by Crippen LogP contribution is 2.23. The number of rotatable bonds is 3. The van der Waals surface area contributed by atoms with Crippen LogP contribution in [0.1, 0.15) is 12.0 Å². The number of benzene rings is 1. The van der Waals surface area contributed by atoms with Gasteiger partial charge in [-0.15, -0.1) is 0 Å². The SMILES string of the molecule is N#Cc1ccc(NC(=O)CCBr)c(Br)c1. The van der Waals surface area contributed by atoms with E-state index in [1.54, 1.807) is 18.2 Å². The van der Waals surface area contributed by atoms with Gasteiger partial charge in [-0.05, 0) is 34.1 Å². The number of carbonyl (C=O) groups is 1. The number of nitriles is 1. The number of nitrogens with one attached hydrogen (secondary N) is 1. The third-order valence-corrected chi connectivity index (χ3v) is 2.75. The maximum atomic E-state index is 11.3. The molecule has 0 unspecified atom stereocenters. The predicted molar refractivity (Wildman–Crippen MR) is 65.9 cm³/mol. The number of amides is 1. The molecule has 0 radical (unpaired) electrons. The van der Waals surface area contributed by atoms with Gasteiger partial charge in [-0.3, -0.25) is 4.79 Å². The quantitative estimate of drug-likeness (QED) is 0.865. The fraction of sp³-hybridized carbons (Fsp3) is 0.200. The first kappa shape index (κ1) is 12.2. The van der Waals surface area contributed by atoms with Crippen LogP contribution in [0.2, 0.25) is 0 Å². The van der Waals surface area contributed by atoms with Crippen molar-refractivity contribution in [3.05, 3.63) is 28.2 Å². The number of hydrogen-bond acceptors (Lipinski definition) is 2. The summed E-state index contributed by atoms with van der Waals surface area (Å²) in [5.41, 5.74) is 1.24. The first-order chi connectivity index (χ1) is 7.17. The highest BCUT2D eigenvalue weighted by Gasteiger charge is 2.05. The summed E-state index contributed by atoms with van der Waals surface area (Å²) in [7, 11) is 0. The van der Waals surface area contributed by atoms with Crippen LogP contribution in [-0.2, 0) is 4.79 Å². The lowest BCUT2D eigenvalue weighted by atomic mass is 10.2. The molecule has 0 aromatic heterocycles. The second-order valence-corrected chi connectivity index (χ2v) is 4.44. The van der Waals surface area contributed by atoms with Gasteiger partial charge in [-0.1, -0.05) is 15.9 Å². The van der Waals surface area contributed by atoms with E-state index in [0.29, 0.717) is 27.5 Å². The molecule has 1 aromatic rings. The van der Waals surface area contributed by atoms with Crippen molar-refractivity contribution in [2.75, 3.05) is 10.6 Å². The Bertz CT molecular complexity index is 412. The van der Waals surface area contributed by atoms with Crippen LogP contribution in [-0.4, -0.2) is 11.2 Å². The molecule has 0 atom stereocenters. The van der Waals surface area contributed by atoms with Crippen molar-refractivity contribution < 1.29 is 4.79 Å². The number of anilines is 1. The van der Waals surface area contributed by atoms with Crippen LogP contribution in [0.25, 0.3) is 0 Å². The zero-order chi connectivity index (χ0) is 11.3. The summed E-state index contributed by atoms with van der Waals surface area (Å²) < 4.78 is 0.712. The van der Waals surface area contributed by atoms with Crippen LogP contribution in [0.5, 0.6) is 0 Å². The van der Waals surface area contributed by atoms with E-state index in [-0.39, 0.29) is 5.91 Å². The maximum Gasteiger partial charge on any atom is 0.225 e. The molecule has 0 saturated heterocycles. The van der Waals surface area contributed by atoms with Crippen LogP contribution in [0.3, 0.4) is 0 Å². The molecule has 78 valence electrons. The molecule has 0 aliphatic rings. The lowest BCUT2D eigenvalue weighted by molar-refractivity contribution is -0.115. The maximum absolute atomic E-state index is 11.3. The molecule has 0 fully saturated rings. The summed E-state index contributed by atoms with van der Waals surface area (Å²) in [6.07, 6.45) is 0.423. The molecule has 1 aromatic carbocycles. The third-order valence-electron chi connectivity index (χ3n) is 1.69. The summed E-state index contributed by atoms with van der Waals surface area (Å²) in [4.78, 5) is 11.3. The van der Waals surface area contributed by atoms with E-state index < -0.39 is 0 Å². The van der Waals surface area contributed by atoms with E-state index >= 15 is 0 Å². The zero-order valence-electron chi connectivity index (χ0n) is 7.76. The molecular formula is C10H8Br2N2O. The smallest absolute Gasteiger partial charge is 0.225 e. The van der Waals surface area contributed by atoms with Crippen molar-refractivity contribution in [3.8, 4) is 6.07 Å². The van der Waals surface area contributed by atoms with E-state index in [4.69, 9.17) is 5.26 Å². The van der Waals surface area contributed by atoms with Crippen molar-refractivity contribution in [1.29, 1.82) is 5.26 Å². The average molecular weight is 332 g/mol. The van der Waals surface area contributed by atoms with E-state index in [2.05, 4.69) is 37.2 Å². The van der Waals surface area contributed by atoms with Gasteiger partial charge in [0.05, 0.1) is 17.3 Å². The monoisotopic (exact) mass is 330 g/mol. The molecule has 1 amide bonds.